The Morgan fingerprint density at radius 1 is 1.27 bits per heavy atom. The fourth-order valence-corrected chi connectivity index (χ4v) is 0.583. The van der Waals surface area contributed by atoms with Crippen LogP contribution in [0.1, 0.15) is 13.8 Å². The number of carbonyl (C=O) groups is 2. The first-order valence-electron chi connectivity index (χ1n) is 3.24. The summed E-state index contributed by atoms with van der Waals surface area (Å²) < 4.78 is 0. The molecule has 0 spiro atoms. The van der Waals surface area contributed by atoms with Gasteiger partial charge in [-0.05, 0) is 6.92 Å². The number of hydrogen-bond acceptors (Lipinski definition) is 2. The predicted octanol–water partition coefficient (Wildman–Crippen LogP) is -0.228. The van der Waals surface area contributed by atoms with E-state index in [9.17, 15) is 9.59 Å². The van der Waals surface area contributed by atoms with Crippen LogP contribution in [0.2, 0.25) is 0 Å². The van der Waals surface area contributed by atoms with E-state index in [0.717, 1.165) is 0 Å². The molecule has 4 heteroatoms. The van der Waals surface area contributed by atoms with Crippen LogP contribution in [-0.4, -0.2) is 18.9 Å². The summed E-state index contributed by atoms with van der Waals surface area (Å²) >= 11 is 0. The van der Waals surface area contributed by atoms with Gasteiger partial charge < -0.3 is 10.6 Å². The first-order chi connectivity index (χ1) is 5.06. The van der Waals surface area contributed by atoms with Gasteiger partial charge in [0.05, 0.1) is 0 Å². The van der Waals surface area contributed by atoms with Gasteiger partial charge in [-0.1, -0.05) is 0 Å². The molecule has 0 aliphatic rings. The average molecular weight is 156 g/mol. The molecule has 0 unspecified atom stereocenters. The van der Waals surface area contributed by atoms with Gasteiger partial charge in [-0.3, -0.25) is 9.59 Å². The van der Waals surface area contributed by atoms with Gasteiger partial charge in [0.2, 0.25) is 11.8 Å². The highest BCUT2D eigenvalue weighted by atomic mass is 16.2. The lowest BCUT2D eigenvalue weighted by Gasteiger charge is -1.99. The van der Waals surface area contributed by atoms with E-state index in [-0.39, 0.29) is 11.8 Å². The minimum absolute atomic E-state index is 0.178. The van der Waals surface area contributed by atoms with Gasteiger partial charge in [0.1, 0.15) is 0 Å². The summed E-state index contributed by atoms with van der Waals surface area (Å²) in [6.45, 7) is 3.04. The van der Waals surface area contributed by atoms with Crippen molar-refractivity contribution in [3.63, 3.8) is 0 Å². The lowest BCUT2D eigenvalue weighted by atomic mass is 10.4. The topological polar surface area (TPSA) is 58.2 Å². The summed E-state index contributed by atoms with van der Waals surface area (Å²) in [6.07, 6.45) is 1.32. The molecule has 0 aliphatic carbocycles. The van der Waals surface area contributed by atoms with E-state index in [1.165, 1.54) is 20.0 Å². The second-order valence-electron chi connectivity index (χ2n) is 2.12. The summed E-state index contributed by atoms with van der Waals surface area (Å²) in [5, 5.41) is 4.87. The lowest BCUT2D eigenvalue weighted by molar-refractivity contribution is -0.118. The Labute approximate surface area is 65.7 Å². The molecular weight excluding hydrogens is 144 g/mol. The van der Waals surface area contributed by atoms with Crippen LogP contribution in [0.15, 0.2) is 11.8 Å². The van der Waals surface area contributed by atoms with E-state index in [4.69, 9.17) is 0 Å². The Morgan fingerprint density at radius 2 is 1.82 bits per heavy atom. The normalized spacial score (nSPS) is 10.6. The van der Waals surface area contributed by atoms with Crippen LogP contribution < -0.4 is 10.6 Å². The molecule has 0 fully saturated rings. The maximum atomic E-state index is 10.7. The number of rotatable bonds is 2. The molecule has 2 N–H and O–H groups in total. The van der Waals surface area contributed by atoms with Crippen LogP contribution in [-0.2, 0) is 9.59 Å². The number of allylic oxidation sites excluding steroid dienone is 1. The Kier molecular flexibility index (Phi) is 3.95. The molecule has 0 saturated carbocycles. The van der Waals surface area contributed by atoms with Crippen LogP contribution in [0.3, 0.4) is 0 Å². The monoisotopic (exact) mass is 156 g/mol. The van der Waals surface area contributed by atoms with Crippen LogP contribution in [0.25, 0.3) is 0 Å². The molecule has 4 nitrogen and oxygen atoms in total. The van der Waals surface area contributed by atoms with Crippen LogP contribution in [0.4, 0.5) is 0 Å². The molecule has 0 heterocycles. The summed E-state index contributed by atoms with van der Waals surface area (Å²) in [4.78, 5) is 21.1. The molecular formula is C7H12N2O2. The van der Waals surface area contributed by atoms with E-state index in [0.29, 0.717) is 5.70 Å². The fourth-order valence-electron chi connectivity index (χ4n) is 0.583. The zero-order chi connectivity index (χ0) is 8.85. The zero-order valence-corrected chi connectivity index (χ0v) is 6.89. The Bertz CT molecular complexity index is 197. The standard InChI is InChI=1S/C7H12N2O2/c1-5(9-6(2)10)4-7(11)8-3/h4H,1-3H3,(H,8,11)(H,9,10)/b5-4-. The van der Waals surface area contributed by atoms with Crippen molar-refractivity contribution in [2.24, 2.45) is 0 Å². The molecule has 0 aromatic rings. The summed E-state index contributed by atoms with van der Waals surface area (Å²) in [5.41, 5.74) is 0.539. The quantitative estimate of drug-likeness (QED) is 0.543. The number of nitrogens with one attached hydrogen (secondary N) is 2. The molecule has 0 saturated heterocycles. The van der Waals surface area contributed by atoms with Gasteiger partial charge in [0.15, 0.2) is 0 Å². The number of amides is 2. The fraction of sp³-hybridized carbons (Fsp3) is 0.429. The van der Waals surface area contributed by atoms with Crippen molar-refractivity contribution in [1.29, 1.82) is 0 Å². The predicted molar refractivity (Wildman–Crippen MR) is 41.6 cm³/mol. The molecule has 0 aromatic carbocycles. The van der Waals surface area contributed by atoms with E-state index in [2.05, 4.69) is 10.6 Å². The number of carbonyl (C=O) groups excluding carboxylic acids is 2. The maximum Gasteiger partial charge on any atom is 0.245 e. The van der Waals surface area contributed by atoms with Gasteiger partial charge >= 0.3 is 0 Å². The summed E-state index contributed by atoms with van der Waals surface area (Å²) in [7, 11) is 1.53. The minimum atomic E-state index is -0.226. The van der Waals surface area contributed by atoms with Crippen molar-refractivity contribution >= 4 is 11.8 Å². The van der Waals surface area contributed by atoms with E-state index >= 15 is 0 Å². The number of likely N-dealkylation sites (N-methyl/N-ethyl adjacent to an activating group) is 1. The zero-order valence-electron chi connectivity index (χ0n) is 6.89. The van der Waals surface area contributed by atoms with Crippen molar-refractivity contribution in [2.75, 3.05) is 7.05 Å². The molecule has 0 aromatic heterocycles. The molecule has 0 atom stereocenters. The Hall–Kier alpha value is -1.32. The Balaban J connectivity index is 4.00. The van der Waals surface area contributed by atoms with E-state index in [1.807, 2.05) is 0 Å². The number of hydrogen-bond donors (Lipinski definition) is 2. The van der Waals surface area contributed by atoms with Gasteiger partial charge in [-0.2, -0.15) is 0 Å². The van der Waals surface area contributed by atoms with Crippen molar-refractivity contribution in [3.05, 3.63) is 11.8 Å². The second kappa shape index (κ2) is 4.49. The molecule has 62 valence electrons. The smallest absolute Gasteiger partial charge is 0.245 e. The molecule has 0 rings (SSSR count). The molecule has 0 bridgehead atoms. The summed E-state index contributed by atoms with van der Waals surface area (Å²) in [5.74, 6) is -0.404. The molecule has 11 heavy (non-hydrogen) atoms. The SMILES string of the molecule is CNC(=O)/C=C(/C)NC(C)=O. The van der Waals surface area contributed by atoms with Crippen molar-refractivity contribution in [2.45, 2.75) is 13.8 Å². The first kappa shape index (κ1) is 9.68. The minimum Gasteiger partial charge on any atom is -0.356 e. The first-order valence-corrected chi connectivity index (χ1v) is 3.24. The van der Waals surface area contributed by atoms with Gasteiger partial charge in [0.25, 0.3) is 0 Å². The third kappa shape index (κ3) is 5.14. The third-order valence-electron chi connectivity index (χ3n) is 0.967. The average Bonchev–Trinajstić information content (AvgIpc) is 1.85. The Morgan fingerprint density at radius 3 is 2.18 bits per heavy atom. The van der Waals surface area contributed by atoms with Gasteiger partial charge in [0, 0.05) is 25.7 Å². The maximum absolute atomic E-state index is 10.7. The van der Waals surface area contributed by atoms with Crippen molar-refractivity contribution in [1.82, 2.24) is 10.6 Å². The third-order valence-corrected chi connectivity index (χ3v) is 0.967. The largest absolute Gasteiger partial charge is 0.356 e. The highest BCUT2D eigenvalue weighted by Gasteiger charge is 1.95. The van der Waals surface area contributed by atoms with Crippen molar-refractivity contribution < 1.29 is 9.59 Å². The lowest BCUT2D eigenvalue weighted by Crippen LogP contribution is -2.21. The van der Waals surface area contributed by atoms with Crippen LogP contribution >= 0.6 is 0 Å². The second-order valence-corrected chi connectivity index (χ2v) is 2.12. The van der Waals surface area contributed by atoms with Crippen LogP contribution in [0, 0.1) is 0 Å². The molecule has 2 amide bonds. The van der Waals surface area contributed by atoms with Crippen molar-refractivity contribution in [3.8, 4) is 0 Å². The molecule has 0 radical (unpaired) electrons. The highest BCUT2D eigenvalue weighted by molar-refractivity contribution is 5.88. The van der Waals surface area contributed by atoms with Crippen LogP contribution in [0.5, 0.6) is 0 Å². The molecule has 0 aliphatic heterocycles. The van der Waals surface area contributed by atoms with E-state index in [1.54, 1.807) is 6.92 Å². The highest BCUT2D eigenvalue weighted by Crippen LogP contribution is 1.84. The van der Waals surface area contributed by atoms with Gasteiger partial charge in [-0.25, -0.2) is 0 Å². The van der Waals surface area contributed by atoms with E-state index < -0.39 is 0 Å². The summed E-state index contributed by atoms with van der Waals surface area (Å²) in [6, 6.07) is 0. The van der Waals surface area contributed by atoms with Gasteiger partial charge in [-0.15, -0.1) is 0 Å².